The number of hydrogen-bond acceptors (Lipinski definition) is 7. The molecule has 2 saturated heterocycles. The molecule has 4 rings (SSSR count). The van der Waals surface area contributed by atoms with Crippen molar-refractivity contribution in [3.05, 3.63) is 35.2 Å². The smallest absolute Gasteiger partial charge is 0.324 e. The van der Waals surface area contributed by atoms with Crippen molar-refractivity contribution >= 4 is 11.9 Å². The van der Waals surface area contributed by atoms with Gasteiger partial charge in [-0.15, -0.1) is 0 Å². The van der Waals surface area contributed by atoms with Crippen LogP contribution in [0.25, 0.3) is 0 Å². The van der Waals surface area contributed by atoms with Crippen molar-refractivity contribution in [1.29, 1.82) is 0 Å². The molecule has 2 aliphatic rings. The molecule has 3 heterocycles. The molecule has 0 bridgehead atoms. The number of aromatic nitrogens is 2. The summed E-state index contributed by atoms with van der Waals surface area (Å²) in [6.45, 7) is 10.1. The highest BCUT2D eigenvalue weighted by Crippen LogP contribution is 2.27. The number of nitrogens with zero attached hydrogens (tertiary/aromatic N) is 4. The van der Waals surface area contributed by atoms with E-state index in [1.807, 2.05) is 30.0 Å². The van der Waals surface area contributed by atoms with Crippen molar-refractivity contribution in [3.8, 4) is 5.75 Å². The Morgan fingerprint density at radius 1 is 1.24 bits per heavy atom. The largest absolute Gasteiger partial charge is 0.494 e. The molecule has 34 heavy (non-hydrogen) atoms. The molecule has 2 aromatic rings. The van der Waals surface area contributed by atoms with Gasteiger partial charge in [-0.3, -0.25) is 4.79 Å². The van der Waals surface area contributed by atoms with Crippen LogP contribution >= 0.6 is 0 Å². The van der Waals surface area contributed by atoms with Gasteiger partial charge in [0.2, 0.25) is 0 Å². The van der Waals surface area contributed by atoms with Crippen molar-refractivity contribution < 1.29 is 14.1 Å². The molecule has 0 radical (unpaired) electrons. The van der Waals surface area contributed by atoms with E-state index in [0.29, 0.717) is 25.1 Å². The van der Waals surface area contributed by atoms with E-state index in [9.17, 15) is 4.79 Å². The number of ether oxygens (including phenoxy) is 1. The molecule has 1 atom stereocenters. The van der Waals surface area contributed by atoms with Crippen LogP contribution in [0.1, 0.15) is 80.0 Å². The number of benzene rings is 1. The van der Waals surface area contributed by atoms with Gasteiger partial charge in [0, 0.05) is 43.7 Å². The highest BCUT2D eigenvalue weighted by Gasteiger charge is 2.29. The highest BCUT2D eigenvalue weighted by atomic mass is 16.5. The maximum Gasteiger partial charge on any atom is 0.324 e. The van der Waals surface area contributed by atoms with Crippen molar-refractivity contribution in [2.75, 3.05) is 37.7 Å². The van der Waals surface area contributed by atoms with Crippen LogP contribution < -0.4 is 15.4 Å². The molecule has 186 valence electrons. The Morgan fingerprint density at radius 2 is 2.03 bits per heavy atom. The quantitative estimate of drug-likeness (QED) is 0.551. The molecular formula is C26H39N5O3. The van der Waals surface area contributed by atoms with E-state index in [1.165, 1.54) is 0 Å². The first-order chi connectivity index (χ1) is 16.5. The van der Waals surface area contributed by atoms with E-state index in [2.05, 4.69) is 28.9 Å². The molecule has 2 fully saturated rings. The summed E-state index contributed by atoms with van der Waals surface area (Å²) in [6, 6.07) is 6.62. The van der Waals surface area contributed by atoms with Gasteiger partial charge in [0.25, 0.3) is 5.91 Å². The SMILES string of the molecule is Cc1cc(OCCCC2CCN(c3nc(C(C)C)no3)CC2)ccc1C(=O)N1CCC[C@H]1CN. The lowest BCUT2D eigenvalue weighted by Gasteiger charge is -2.30. The number of rotatable bonds is 9. The van der Waals surface area contributed by atoms with Crippen molar-refractivity contribution in [2.24, 2.45) is 11.7 Å². The zero-order chi connectivity index (χ0) is 24.1. The lowest BCUT2D eigenvalue weighted by Crippen LogP contribution is -2.40. The Labute approximate surface area is 202 Å². The minimum Gasteiger partial charge on any atom is -0.494 e. The van der Waals surface area contributed by atoms with Crippen LogP contribution in [0.15, 0.2) is 22.7 Å². The van der Waals surface area contributed by atoms with E-state index >= 15 is 0 Å². The van der Waals surface area contributed by atoms with Crippen molar-refractivity contribution in [2.45, 2.75) is 71.3 Å². The predicted molar refractivity (Wildman–Crippen MR) is 132 cm³/mol. The van der Waals surface area contributed by atoms with Gasteiger partial charge in [0.1, 0.15) is 5.75 Å². The summed E-state index contributed by atoms with van der Waals surface area (Å²) in [4.78, 5) is 21.6. The van der Waals surface area contributed by atoms with Crippen LogP contribution in [0.3, 0.4) is 0 Å². The Bertz CT molecular complexity index is 952. The number of nitrogens with two attached hydrogens (primary N) is 1. The summed E-state index contributed by atoms with van der Waals surface area (Å²) in [5.74, 6) is 2.68. The summed E-state index contributed by atoms with van der Waals surface area (Å²) >= 11 is 0. The molecular weight excluding hydrogens is 430 g/mol. The standard InChI is InChI=1S/C26H39N5O3/c1-18(2)24-28-26(34-29-24)30-13-10-20(11-14-30)6-5-15-33-22-8-9-23(19(3)16-22)25(32)31-12-4-7-21(31)17-27/h8-9,16,18,20-21H,4-7,10-15,17,27H2,1-3H3/t21-/m0/s1. The monoisotopic (exact) mass is 469 g/mol. The van der Waals surface area contributed by atoms with E-state index in [-0.39, 0.29) is 17.9 Å². The van der Waals surface area contributed by atoms with Gasteiger partial charge in [-0.1, -0.05) is 19.0 Å². The summed E-state index contributed by atoms with van der Waals surface area (Å²) in [5.41, 5.74) is 7.55. The lowest BCUT2D eigenvalue weighted by molar-refractivity contribution is 0.0740. The number of amides is 1. The van der Waals surface area contributed by atoms with Crippen LogP contribution in [-0.4, -0.2) is 59.8 Å². The average molecular weight is 470 g/mol. The third-order valence-electron chi connectivity index (χ3n) is 7.20. The second kappa shape index (κ2) is 11.2. The van der Waals surface area contributed by atoms with Gasteiger partial charge >= 0.3 is 6.01 Å². The van der Waals surface area contributed by atoms with Gasteiger partial charge in [0.05, 0.1) is 6.61 Å². The third-order valence-corrected chi connectivity index (χ3v) is 7.20. The number of piperidine rings is 1. The predicted octanol–water partition coefficient (Wildman–Crippen LogP) is 4.14. The van der Waals surface area contributed by atoms with Gasteiger partial charge in [-0.2, -0.15) is 4.98 Å². The third kappa shape index (κ3) is 5.71. The van der Waals surface area contributed by atoms with Crippen LogP contribution in [-0.2, 0) is 0 Å². The molecule has 2 N–H and O–H groups in total. The second-order valence-corrected chi connectivity index (χ2v) is 10.0. The van der Waals surface area contributed by atoms with Crippen molar-refractivity contribution in [1.82, 2.24) is 15.0 Å². The number of carbonyl (C=O) groups is 1. The molecule has 8 heteroatoms. The van der Waals surface area contributed by atoms with E-state index < -0.39 is 0 Å². The molecule has 1 aromatic heterocycles. The lowest BCUT2D eigenvalue weighted by atomic mass is 9.92. The number of hydrogen-bond donors (Lipinski definition) is 1. The minimum absolute atomic E-state index is 0.0873. The van der Waals surface area contributed by atoms with Gasteiger partial charge < -0.3 is 24.8 Å². The van der Waals surface area contributed by atoms with Crippen LogP contribution in [0.2, 0.25) is 0 Å². The Balaban J connectivity index is 1.19. The fourth-order valence-electron chi connectivity index (χ4n) is 5.03. The normalized spacial score (nSPS) is 19.3. The van der Waals surface area contributed by atoms with Gasteiger partial charge in [0.15, 0.2) is 5.82 Å². The number of carbonyl (C=O) groups excluding carboxylic acids is 1. The molecule has 2 aliphatic heterocycles. The van der Waals surface area contributed by atoms with E-state index in [1.54, 1.807) is 0 Å². The number of aryl methyl sites for hydroxylation is 1. The Morgan fingerprint density at radius 3 is 2.71 bits per heavy atom. The molecule has 0 unspecified atom stereocenters. The zero-order valence-corrected chi connectivity index (χ0v) is 20.8. The summed E-state index contributed by atoms with van der Waals surface area (Å²) in [6.07, 6.45) is 6.47. The number of likely N-dealkylation sites (tertiary alicyclic amines) is 1. The summed E-state index contributed by atoms with van der Waals surface area (Å²) in [7, 11) is 0. The highest BCUT2D eigenvalue weighted by molar-refractivity contribution is 5.96. The average Bonchev–Trinajstić information content (AvgIpc) is 3.52. The van der Waals surface area contributed by atoms with Crippen LogP contribution in [0, 0.1) is 12.8 Å². The fraction of sp³-hybridized carbons (Fsp3) is 0.654. The number of anilines is 1. The molecule has 0 aliphatic carbocycles. The Hall–Kier alpha value is -2.61. The first-order valence-electron chi connectivity index (χ1n) is 12.8. The molecule has 1 aromatic carbocycles. The van der Waals surface area contributed by atoms with E-state index in [0.717, 1.165) is 80.9 Å². The van der Waals surface area contributed by atoms with Gasteiger partial charge in [-0.25, -0.2) is 0 Å². The summed E-state index contributed by atoms with van der Waals surface area (Å²) in [5, 5.41) is 4.08. The molecule has 0 spiro atoms. The fourth-order valence-corrected chi connectivity index (χ4v) is 5.03. The second-order valence-electron chi connectivity index (χ2n) is 10.0. The molecule has 0 saturated carbocycles. The first kappa shape index (κ1) is 24.5. The summed E-state index contributed by atoms with van der Waals surface area (Å²) < 4.78 is 11.4. The van der Waals surface area contributed by atoms with Crippen molar-refractivity contribution in [3.63, 3.8) is 0 Å². The van der Waals surface area contributed by atoms with E-state index in [4.69, 9.17) is 15.0 Å². The maximum atomic E-state index is 12.9. The molecule has 1 amide bonds. The Kier molecular flexibility index (Phi) is 8.08. The first-order valence-corrected chi connectivity index (χ1v) is 12.8. The van der Waals surface area contributed by atoms with Gasteiger partial charge in [-0.05, 0) is 75.1 Å². The minimum atomic E-state index is 0.0873. The maximum absolute atomic E-state index is 12.9. The molecule has 8 nitrogen and oxygen atoms in total. The van der Waals surface area contributed by atoms with Crippen LogP contribution in [0.5, 0.6) is 5.75 Å². The zero-order valence-electron chi connectivity index (χ0n) is 20.8. The van der Waals surface area contributed by atoms with Crippen LogP contribution in [0.4, 0.5) is 6.01 Å². The topological polar surface area (TPSA) is 97.7 Å².